The molecule has 0 atom stereocenters. The Labute approximate surface area is 192 Å². The van der Waals surface area contributed by atoms with E-state index >= 15 is 0 Å². The van der Waals surface area contributed by atoms with E-state index in [0.29, 0.717) is 30.1 Å². The molecule has 168 valence electrons. The molecule has 4 rings (SSSR count). The molecule has 0 saturated heterocycles. The second-order valence-electron chi connectivity index (χ2n) is 8.54. The first kappa shape index (κ1) is 22.3. The van der Waals surface area contributed by atoms with E-state index in [2.05, 4.69) is 5.32 Å². The molecule has 2 amide bonds. The van der Waals surface area contributed by atoms with Crippen LogP contribution in [0.3, 0.4) is 0 Å². The van der Waals surface area contributed by atoms with Crippen molar-refractivity contribution in [2.75, 3.05) is 23.4 Å². The summed E-state index contributed by atoms with van der Waals surface area (Å²) in [5, 5.41) is 3.38. The van der Waals surface area contributed by atoms with Gasteiger partial charge in [-0.15, -0.1) is 0 Å². The van der Waals surface area contributed by atoms with Crippen LogP contribution in [0.25, 0.3) is 0 Å². The van der Waals surface area contributed by atoms with Gasteiger partial charge in [-0.1, -0.05) is 43.0 Å². The first-order valence-corrected chi connectivity index (χ1v) is 11.4. The molecule has 32 heavy (non-hydrogen) atoms. The van der Waals surface area contributed by atoms with Crippen LogP contribution in [0, 0.1) is 0 Å². The largest absolute Gasteiger partial charge is 0.455 e. The van der Waals surface area contributed by atoms with E-state index in [1.807, 2.05) is 30.3 Å². The van der Waals surface area contributed by atoms with Crippen molar-refractivity contribution in [1.82, 2.24) is 0 Å². The molecule has 0 unspecified atom stereocenters. The van der Waals surface area contributed by atoms with Crippen molar-refractivity contribution >= 4 is 40.8 Å². The van der Waals surface area contributed by atoms with Gasteiger partial charge < -0.3 is 15.0 Å². The van der Waals surface area contributed by atoms with Crippen LogP contribution in [-0.2, 0) is 31.0 Å². The van der Waals surface area contributed by atoms with E-state index in [-0.39, 0.29) is 18.5 Å². The summed E-state index contributed by atoms with van der Waals surface area (Å²) in [6.45, 7) is 1.84. The number of hydrogen-bond donors (Lipinski definition) is 1. The minimum absolute atomic E-state index is 0.00351. The van der Waals surface area contributed by atoms with Gasteiger partial charge in [0.15, 0.2) is 6.61 Å². The van der Waals surface area contributed by atoms with Gasteiger partial charge in [-0.2, -0.15) is 0 Å². The van der Waals surface area contributed by atoms with Crippen LogP contribution in [0.4, 0.5) is 11.4 Å². The number of carbonyl (C=O) groups excluding carboxylic acids is 3. The van der Waals surface area contributed by atoms with Gasteiger partial charge in [0.05, 0.1) is 5.41 Å². The smallest absolute Gasteiger partial charge is 0.317 e. The predicted molar refractivity (Wildman–Crippen MR) is 124 cm³/mol. The molecule has 0 aromatic heterocycles. The molecular formula is C25H27ClN2O4. The topological polar surface area (TPSA) is 75.7 Å². The lowest BCUT2D eigenvalue weighted by molar-refractivity contribution is -0.154. The number of ether oxygens (including phenoxy) is 1. The van der Waals surface area contributed by atoms with Crippen molar-refractivity contribution < 1.29 is 19.1 Å². The van der Waals surface area contributed by atoms with Gasteiger partial charge in [-0.25, -0.2) is 0 Å². The highest BCUT2D eigenvalue weighted by Crippen LogP contribution is 2.41. The van der Waals surface area contributed by atoms with Crippen LogP contribution in [0.2, 0.25) is 5.02 Å². The molecule has 1 aliphatic carbocycles. The molecule has 0 spiro atoms. The molecule has 0 radical (unpaired) electrons. The van der Waals surface area contributed by atoms with E-state index in [0.717, 1.165) is 42.5 Å². The third-order valence-corrected chi connectivity index (χ3v) is 6.68. The summed E-state index contributed by atoms with van der Waals surface area (Å²) < 4.78 is 5.51. The Hall–Kier alpha value is -2.86. The fourth-order valence-corrected chi connectivity index (χ4v) is 5.02. The number of anilines is 2. The summed E-state index contributed by atoms with van der Waals surface area (Å²) in [4.78, 5) is 39.1. The van der Waals surface area contributed by atoms with Crippen molar-refractivity contribution in [3.05, 3.63) is 58.6 Å². The molecule has 1 N–H and O–H groups in total. The molecule has 0 bridgehead atoms. The van der Waals surface area contributed by atoms with E-state index < -0.39 is 11.3 Å². The number of esters is 1. The van der Waals surface area contributed by atoms with Gasteiger partial charge in [0.25, 0.3) is 5.91 Å². The summed E-state index contributed by atoms with van der Waals surface area (Å²) in [7, 11) is 0. The van der Waals surface area contributed by atoms with Gasteiger partial charge in [-0.05, 0) is 60.7 Å². The predicted octanol–water partition coefficient (Wildman–Crippen LogP) is 4.63. The van der Waals surface area contributed by atoms with Crippen molar-refractivity contribution in [2.24, 2.45) is 0 Å². The Morgan fingerprint density at radius 1 is 1.09 bits per heavy atom. The minimum atomic E-state index is -0.757. The standard InChI is InChI=1S/C25H27ClN2O4/c1-17(29)28-13-10-18-14-21(8-9-22(18)28)27-23(30)16-32-24(31)25(11-3-2-4-12-25)19-6-5-7-20(26)15-19/h5-9,14-15H,2-4,10-13,16H2,1H3,(H,27,30). The molecule has 7 heteroatoms. The first-order valence-electron chi connectivity index (χ1n) is 11.0. The molecule has 1 fully saturated rings. The van der Waals surface area contributed by atoms with Crippen LogP contribution in [0.5, 0.6) is 0 Å². The summed E-state index contributed by atoms with van der Waals surface area (Å²) in [6, 6.07) is 12.8. The van der Waals surface area contributed by atoms with E-state index in [1.54, 1.807) is 24.0 Å². The van der Waals surface area contributed by atoms with Gasteiger partial charge >= 0.3 is 5.97 Å². The number of hydrogen-bond acceptors (Lipinski definition) is 4. The van der Waals surface area contributed by atoms with Crippen LogP contribution in [0.1, 0.15) is 50.2 Å². The summed E-state index contributed by atoms with van der Waals surface area (Å²) in [6.07, 6.45) is 5.06. The zero-order chi connectivity index (χ0) is 22.7. The fourth-order valence-electron chi connectivity index (χ4n) is 4.83. The minimum Gasteiger partial charge on any atom is -0.455 e. The molecule has 1 aliphatic heterocycles. The third kappa shape index (κ3) is 4.51. The molecule has 1 heterocycles. The van der Waals surface area contributed by atoms with Crippen LogP contribution < -0.4 is 10.2 Å². The van der Waals surface area contributed by atoms with Gasteiger partial charge in [0, 0.05) is 29.9 Å². The average molecular weight is 455 g/mol. The Balaban J connectivity index is 1.41. The lowest BCUT2D eigenvalue weighted by atomic mass is 9.69. The van der Waals surface area contributed by atoms with E-state index in [9.17, 15) is 14.4 Å². The van der Waals surface area contributed by atoms with Crippen LogP contribution >= 0.6 is 11.6 Å². The second kappa shape index (κ2) is 9.33. The summed E-state index contributed by atoms with van der Waals surface area (Å²) >= 11 is 6.18. The lowest BCUT2D eigenvalue weighted by Gasteiger charge is -2.35. The Bertz CT molecular complexity index is 1050. The number of benzene rings is 2. The third-order valence-electron chi connectivity index (χ3n) is 6.45. The maximum absolute atomic E-state index is 13.2. The fraction of sp³-hybridized carbons (Fsp3) is 0.400. The van der Waals surface area contributed by atoms with Crippen molar-refractivity contribution in [3.63, 3.8) is 0 Å². The molecule has 2 aromatic carbocycles. The number of nitrogens with zero attached hydrogens (tertiary/aromatic N) is 1. The maximum Gasteiger partial charge on any atom is 0.317 e. The highest BCUT2D eigenvalue weighted by molar-refractivity contribution is 6.30. The first-order chi connectivity index (χ1) is 15.4. The molecule has 6 nitrogen and oxygen atoms in total. The van der Waals surface area contributed by atoms with Crippen molar-refractivity contribution in [2.45, 2.75) is 50.9 Å². The average Bonchev–Trinajstić information content (AvgIpc) is 3.21. The van der Waals surface area contributed by atoms with Crippen molar-refractivity contribution in [1.29, 1.82) is 0 Å². The monoisotopic (exact) mass is 454 g/mol. The van der Waals surface area contributed by atoms with Gasteiger partial charge in [0.1, 0.15) is 0 Å². The normalized spacial score (nSPS) is 16.9. The van der Waals surface area contributed by atoms with Gasteiger partial charge in [-0.3, -0.25) is 14.4 Å². The number of fused-ring (bicyclic) bond motifs is 1. The quantitative estimate of drug-likeness (QED) is 0.668. The lowest BCUT2D eigenvalue weighted by Crippen LogP contribution is -2.40. The van der Waals surface area contributed by atoms with Crippen molar-refractivity contribution in [3.8, 4) is 0 Å². The molecule has 2 aliphatic rings. The Morgan fingerprint density at radius 2 is 1.88 bits per heavy atom. The zero-order valence-corrected chi connectivity index (χ0v) is 18.9. The number of rotatable bonds is 5. The number of halogens is 1. The number of amides is 2. The molecule has 1 saturated carbocycles. The van der Waals surface area contributed by atoms with Gasteiger partial charge in [0.2, 0.25) is 5.91 Å². The molecule has 2 aromatic rings. The SMILES string of the molecule is CC(=O)N1CCc2cc(NC(=O)COC(=O)C3(c4cccc(Cl)c4)CCCCC3)ccc21. The van der Waals surface area contributed by atoms with Crippen LogP contribution in [-0.4, -0.2) is 30.9 Å². The maximum atomic E-state index is 13.2. The van der Waals surface area contributed by atoms with E-state index in [4.69, 9.17) is 16.3 Å². The summed E-state index contributed by atoms with van der Waals surface area (Å²) in [5.41, 5.74) is 2.61. The highest BCUT2D eigenvalue weighted by Gasteiger charge is 2.43. The Kier molecular flexibility index (Phi) is 6.51. The number of nitrogens with one attached hydrogen (secondary N) is 1. The summed E-state index contributed by atoms with van der Waals surface area (Å²) in [5.74, 6) is -0.763. The second-order valence-corrected chi connectivity index (χ2v) is 8.98. The molecular weight excluding hydrogens is 428 g/mol. The number of carbonyl (C=O) groups is 3. The Morgan fingerprint density at radius 3 is 2.59 bits per heavy atom. The highest BCUT2D eigenvalue weighted by atomic mass is 35.5. The zero-order valence-electron chi connectivity index (χ0n) is 18.2. The van der Waals surface area contributed by atoms with Crippen LogP contribution in [0.15, 0.2) is 42.5 Å². The van der Waals surface area contributed by atoms with E-state index in [1.165, 1.54) is 0 Å².